The molecule has 3 heterocycles. The average molecular weight is 566 g/mol. The van der Waals surface area contributed by atoms with Gasteiger partial charge in [-0.15, -0.1) is 0 Å². The number of nitrogens with zero attached hydrogens (tertiary/aromatic N) is 5. The van der Waals surface area contributed by atoms with Crippen LogP contribution in [-0.2, 0) is 6.54 Å². The number of hydrogen-bond acceptors (Lipinski definition) is 5. The number of aromatic nitrogens is 2. The molecule has 206 valence electrons. The number of imidazole rings is 1. The second-order valence-electron chi connectivity index (χ2n) is 10.3. The van der Waals surface area contributed by atoms with Crippen molar-refractivity contribution in [1.29, 1.82) is 0 Å². The molecule has 9 heteroatoms. The molecule has 0 unspecified atom stereocenters. The van der Waals surface area contributed by atoms with E-state index < -0.39 is 4.92 Å². The molecule has 1 aliphatic heterocycles. The highest BCUT2D eigenvalue weighted by Gasteiger charge is 2.25. The Bertz CT molecular complexity index is 1760. The lowest BCUT2D eigenvalue weighted by Gasteiger charge is -2.34. The smallest absolute Gasteiger partial charge is 0.270 e. The third-order valence-electron chi connectivity index (χ3n) is 7.56. The summed E-state index contributed by atoms with van der Waals surface area (Å²) in [7, 11) is 0. The second-order valence-corrected chi connectivity index (χ2v) is 10.7. The van der Waals surface area contributed by atoms with Gasteiger partial charge >= 0.3 is 0 Å². The summed E-state index contributed by atoms with van der Waals surface area (Å²) >= 11 is 6.53. The normalized spacial score (nSPS) is 14.0. The Labute approximate surface area is 242 Å². The third-order valence-corrected chi connectivity index (χ3v) is 7.89. The van der Waals surface area contributed by atoms with Gasteiger partial charge in [-0.05, 0) is 36.8 Å². The van der Waals surface area contributed by atoms with Crippen LogP contribution in [0.15, 0.2) is 91.1 Å². The molecule has 1 amide bonds. The summed E-state index contributed by atoms with van der Waals surface area (Å²) in [4.78, 5) is 32.9. The zero-order chi connectivity index (χ0) is 28.5. The molecule has 0 N–H and O–H groups in total. The van der Waals surface area contributed by atoms with E-state index in [4.69, 9.17) is 16.6 Å². The Balaban J connectivity index is 1.28. The molecule has 0 bridgehead atoms. The van der Waals surface area contributed by atoms with Gasteiger partial charge in [0, 0.05) is 72.8 Å². The van der Waals surface area contributed by atoms with Crippen LogP contribution in [0.2, 0.25) is 5.02 Å². The van der Waals surface area contributed by atoms with E-state index in [-0.39, 0.29) is 11.6 Å². The predicted molar refractivity (Wildman–Crippen MR) is 160 cm³/mol. The average Bonchev–Trinajstić information content (AvgIpc) is 3.35. The summed E-state index contributed by atoms with van der Waals surface area (Å²) in [5.41, 5.74) is 7.30. The van der Waals surface area contributed by atoms with Crippen LogP contribution in [-0.4, -0.2) is 56.2 Å². The quantitative estimate of drug-likeness (QED) is 0.173. The first-order valence-electron chi connectivity index (χ1n) is 13.5. The Kier molecular flexibility index (Phi) is 7.26. The molecule has 0 aliphatic carbocycles. The number of non-ortho nitro benzene ring substituents is 1. The van der Waals surface area contributed by atoms with E-state index in [9.17, 15) is 14.9 Å². The van der Waals surface area contributed by atoms with Crippen molar-refractivity contribution in [2.45, 2.75) is 13.5 Å². The van der Waals surface area contributed by atoms with Crippen LogP contribution in [0.5, 0.6) is 0 Å². The number of nitro benzene ring substituents is 1. The number of hydrogen-bond donors (Lipinski definition) is 0. The first-order valence-corrected chi connectivity index (χ1v) is 13.8. The Morgan fingerprint density at radius 2 is 1.66 bits per heavy atom. The topological polar surface area (TPSA) is 84.0 Å². The lowest BCUT2D eigenvalue weighted by molar-refractivity contribution is -0.384. The molecule has 0 radical (unpaired) electrons. The minimum Gasteiger partial charge on any atom is -0.336 e. The minimum atomic E-state index is -0.479. The first kappa shape index (κ1) is 26.7. The van der Waals surface area contributed by atoms with Crippen molar-refractivity contribution in [1.82, 2.24) is 19.2 Å². The van der Waals surface area contributed by atoms with Gasteiger partial charge in [-0.1, -0.05) is 65.7 Å². The Morgan fingerprint density at radius 3 is 2.39 bits per heavy atom. The number of carbonyl (C=O) groups excluding carboxylic acids is 1. The summed E-state index contributed by atoms with van der Waals surface area (Å²) < 4.78 is 2.15. The lowest BCUT2D eigenvalue weighted by atomic mass is 10.1. The molecule has 5 aromatic rings. The molecule has 0 spiro atoms. The van der Waals surface area contributed by atoms with Crippen molar-refractivity contribution >= 4 is 28.8 Å². The summed E-state index contributed by atoms with van der Waals surface area (Å²) in [6.07, 6.45) is 2.10. The van der Waals surface area contributed by atoms with Crippen molar-refractivity contribution in [3.63, 3.8) is 0 Å². The van der Waals surface area contributed by atoms with Gasteiger partial charge in [0.05, 0.1) is 16.3 Å². The summed E-state index contributed by atoms with van der Waals surface area (Å²) in [5.74, 6) is -0.187. The van der Waals surface area contributed by atoms with E-state index in [0.29, 0.717) is 43.3 Å². The van der Waals surface area contributed by atoms with Gasteiger partial charge in [0.15, 0.2) is 0 Å². The maximum absolute atomic E-state index is 13.1. The SMILES string of the molecule is Cc1ccc(-c2nc3ccc(-c4ccccc4Cl)cn3c2CN2CCN(C(=O)c3cccc([N+](=O)[O-])c3)CC2)cc1. The number of halogens is 1. The molecule has 1 saturated heterocycles. The van der Waals surface area contributed by atoms with Gasteiger partial charge in [0.1, 0.15) is 5.65 Å². The number of piperazine rings is 1. The molecule has 1 aliphatic rings. The van der Waals surface area contributed by atoms with Crippen molar-refractivity contribution in [3.05, 3.63) is 123 Å². The summed E-state index contributed by atoms with van der Waals surface area (Å²) in [5, 5.41) is 11.9. The van der Waals surface area contributed by atoms with Crippen LogP contribution < -0.4 is 0 Å². The van der Waals surface area contributed by atoms with Crippen LogP contribution in [0.25, 0.3) is 28.0 Å². The fourth-order valence-electron chi connectivity index (χ4n) is 5.30. The number of carbonyl (C=O) groups is 1. The first-order chi connectivity index (χ1) is 19.9. The number of amides is 1. The Morgan fingerprint density at radius 1 is 0.927 bits per heavy atom. The van der Waals surface area contributed by atoms with Gasteiger partial charge in [-0.2, -0.15) is 0 Å². The van der Waals surface area contributed by atoms with Crippen molar-refractivity contribution in [2.24, 2.45) is 0 Å². The monoisotopic (exact) mass is 565 g/mol. The maximum Gasteiger partial charge on any atom is 0.270 e. The standard InChI is InChI=1S/C32H28ClN5O3/c1-22-9-11-23(12-10-22)31-29(37-20-25(13-14-30(37)34-31)27-7-2-3-8-28(27)33)21-35-15-17-36(18-16-35)32(39)24-5-4-6-26(19-24)38(40)41/h2-14,19-20H,15-18,21H2,1H3. The highest BCUT2D eigenvalue weighted by Crippen LogP contribution is 2.31. The number of fused-ring (bicyclic) bond motifs is 1. The van der Waals surface area contributed by atoms with Crippen LogP contribution in [0.3, 0.4) is 0 Å². The van der Waals surface area contributed by atoms with Crippen molar-refractivity contribution in [2.75, 3.05) is 26.2 Å². The van der Waals surface area contributed by atoms with Crippen molar-refractivity contribution < 1.29 is 9.72 Å². The van der Waals surface area contributed by atoms with Gasteiger partial charge in [-0.25, -0.2) is 4.98 Å². The van der Waals surface area contributed by atoms with Crippen LogP contribution in [0.1, 0.15) is 21.6 Å². The van der Waals surface area contributed by atoms with Crippen LogP contribution in [0.4, 0.5) is 5.69 Å². The molecule has 8 nitrogen and oxygen atoms in total. The Hall–Kier alpha value is -4.53. The molecular formula is C32H28ClN5O3. The van der Waals surface area contributed by atoms with E-state index in [1.807, 2.05) is 36.4 Å². The fraction of sp³-hybridized carbons (Fsp3) is 0.188. The third kappa shape index (κ3) is 5.44. The second kappa shape index (κ2) is 11.2. The highest BCUT2D eigenvalue weighted by atomic mass is 35.5. The van der Waals surface area contributed by atoms with Gasteiger partial charge in [-0.3, -0.25) is 19.8 Å². The van der Waals surface area contributed by atoms with E-state index in [1.54, 1.807) is 17.0 Å². The summed E-state index contributed by atoms with van der Waals surface area (Å²) in [6, 6.07) is 26.2. The zero-order valence-corrected chi connectivity index (χ0v) is 23.3. The fourth-order valence-corrected chi connectivity index (χ4v) is 5.54. The molecule has 41 heavy (non-hydrogen) atoms. The molecule has 3 aromatic carbocycles. The summed E-state index contributed by atoms with van der Waals surface area (Å²) in [6.45, 7) is 5.12. The number of aryl methyl sites for hydroxylation is 1. The van der Waals surface area contributed by atoms with Gasteiger partial charge in [0.25, 0.3) is 11.6 Å². The highest BCUT2D eigenvalue weighted by molar-refractivity contribution is 6.33. The molecule has 2 aromatic heterocycles. The zero-order valence-electron chi connectivity index (χ0n) is 22.5. The number of benzene rings is 3. The van der Waals surface area contributed by atoms with E-state index in [2.05, 4.69) is 46.7 Å². The number of nitro groups is 1. The maximum atomic E-state index is 13.1. The van der Waals surface area contributed by atoms with E-state index >= 15 is 0 Å². The molecular weight excluding hydrogens is 538 g/mol. The van der Waals surface area contributed by atoms with Gasteiger partial charge in [0.2, 0.25) is 0 Å². The molecule has 6 rings (SSSR count). The van der Waals surface area contributed by atoms with Crippen molar-refractivity contribution in [3.8, 4) is 22.4 Å². The largest absolute Gasteiger partial charge is 0.336 e. The number of pyridine rings is 1. The van der Waals surface area contributed by atoms with Crippen LogP contribution in [0, 0.1) is 17.0 Å². The minimum absolute atomic E-state index is 0.0816. The predicted octanol–water partition coefficient (Wildman–Crippen LogP) is 6.50. The van der Waals surface area contributed by atoms with E-state index in [1.165, 1.54) is 17.7 Å². The van der Waals surface area contributed by atoms with Gasteiger partial charge < -0.3 is 9.30 Å². The van der Waals surface area contributed by atoms with E-state index in [0.717, 1.165) is 33.7 Å². The molecule has 0 saturated carbocycles. The lowest BCUT2D eigenvalue weighted by Crippen LogP contribution is -2.48. The molecule has 1 fully saturated rings. The number of rotatable bonds is 6. The molecule has 0 atom stereocenters. The van der Waals surface area contributed by atoms with Crippen LogP contribution >= 0.6 is 11.6 Å².